The van der Waals surface area contributed by atoms with E-state index in [2.05, 4.69) is 30.7 Å². The molecule has 0 saturated carbocycles. The van der Waals surface area contributed by atoms with Gasteiger partial charge in [-0.05, 0) is 25.0 Å². The van der Waals surface area contributed by atoms with E-state index in [-0.39, 0.29) is 5.84 Å². The predicted molar refractivity (Wildman–Crippen MR) is 68.0 cm³/mol. The van der Waals surface area contributed by atoms with Crippen LogP contribution in [0.2, 0.25) is 0 Å². The highest BCUT2D eigenvalue weighted by Crippen LogP contribution is 2.13. The van der Waals surface area contributed by atoms with E-state index in [1.807, 2.05) is 6.07 Å². The van der Waals surface area contributed by atoms with Crippen molar-refractivity contribution in [2.24, 2.45) is 11.7 Å². The van der Waals surface area contributed by atoms with Gasteiger partial charge in [-0.2, -0.15) is 0 Å². The van der Waals surface area contributed by atoms with Crippen LogP contribution in [0.15, 0.2) is 18.3 Å². The average molecular weight is 220 g/mol. The number of nitrogens with two attached hydrogens (primary N) is 1. The van der Waals surface area contributed by atoms with Gasteiger partial charge in [0.1, 0.15) is 11.7 Å². The van der Waals surface area contributed by atoms with Gasteiger partial charge in [0.15, 0.2) is 0 Å². The van der Waals surface area contributed by atoms with Gasteiger partial charge >= 0.3 is 0 Å². The monoisotopic (exact) mass is 220 g/mol. The molecule has 0 aliphatic heterocycles. The number of amidine groups is 1. The Kier molecular flexibility index (Phi) is 4.28. The number of anilines is 1. The van der Waals surface area contributed by atoms with Crippen molar-refractivity contribution in [2.75, 3.05) is 18.0 Å². The Morgan fingerprint density at radius 3 is 2.75 bits per heavy atom. The zero-order valence-electron chi connectivity index (χ0n) is 10.2. The topological polar surface area (TPSA) is 66.0 Å². The van der Waals surface area contributed by atoms with E-state index in [9.17, 15) is 0 Å². The second-order valence-electron chi connectivity index (χ2n) is 4.25. The molecule has 0 spiro atoms. The van der Waals surface area contributed by atoms with Gasteiger partial charge in [-0.1, -0.05) is 13.8 Å². The number of nitrogens with one attached hydrogen (secondary N) is 1. The van der Waals surface area contributed by atoms with Gasteiger partial charge in [0.25, 0.3) is 0 Å². The van der Waals surface area contributed by atoms with Crippen molar-refractivity contribution in [3.8, 4) is 0 Å². The van der Waals surface area contributed by atoms with Crippen molar-refractivity contribution in [1.29, 1.82) is 5.41 Å². The van der Waals surface area contributed by atoms with Crippen LogP contribution in [-0.4, -0.2) is 23.9 Å². The Labute approximate surface area is 97.0 Å². The summed E-state index contributed by atoms with van der Waals surface area (Å²) in [7, 11) is 0. The quantitative estimate of drug-likeness (QED) is 0.588. The highest BCUT2D eigenvalue weighted by molar-refractivity contribution is 5.95. The second-order valence-corrected chi connectivity index (χ2v) is 4.25. The standard InChI is InChI=1S/C12H20N4/c1-4-16(8-9(2)3)11-7-10(12(13)14)5-6-15-11/h5-7,9H,4,8H2,1-3H3,(H3,13,14). The molecule has 1 aromatic rings. The van der Waals surface area contributed by atoms with Crippen LogP contribution in [0.5, 0.6) is 0 Å². The lowest BCUT2D eigenvalue weighted by molar-refractivity contribution is 0.614. The van der Waals surface area contributed by atoms with E-state index >= 15 is 0 Å². The SMILES string of the molecule is CCN(CC(C)C)c1cc(C(=N)N)ccn1. The van der Waals surface area contributed by atoms with Crippen molar-refractivity contribution in [2.45, 2.75) is 20.8 Å². The van der Waals surface area contributed by atoms with Crippen molar-refractivity contribution in [3.63, 3.8) is 0 Å². The highest BCUT2D eigenvalue weighted by atomic mass is 15.2. The highest BCUT2D eigenvalue weighted by Gasteiger charge is 2.08. The van der Waals surface area contributed by atoms with Gasteiger partial charge < -0.3 is 10.6 Å². The summed E-state index contributed by atoms with van der Waals surface area (Å²) in [5.41, 5.74) is 6.19. The number of pyridine rings is 1. The molecule has 0 radical (unpaired) electrons. The van der Waals surface area contributed by atoms with E-state index in [1.54, 1.807) is 12.3 Å². The van der Waals surface area contributed by atoms with Crippen LogP contribution in [-0.2, 0) is 0 Å². The number of hydrogen-bond donors (Lipinski definition) is 2. The lowest BCUT2D eigenvalue weighted by Crippen LogP contribution is -2.28. The van der Waals surface area contributed by atoms with E-state index in [4.69, 9.17) is 11.1 Å². The summed E-state index contributed by atoms with van der Waals surface area (Å²) < 4.78 is 0. The zero-order chi connectivity index (χ0) is 12.1. The summed E-state index contributed by atoms with van der Waals surface area (Å²) >= 11 is 0. The summed E-state index contributed by atoms with van der Waals surface area (Å²) in [6.45, 7) is 8.33. The minimum Gasteiger partial charge on any atom is -0.384 e. The average Bonchev–Trinajstić information content (AvgIpc) is 2.25. The molecule has 0 aliphatic carbocycles. The fraction of sp³-hybridized carbons (Fsp3) is 0.500. The number of rotatable bonds is 5. The molecule has 0 aromatic carbocycles. The first kappa shape index (κ1) is 12.5. The van der Waals surface area contributed by atoms with Crippen LogP contribution in [0.3, 0.4) is 0 Å². The maximum absolute atomic E-state index is 7.40. The van der Waals surface area contributed by atoms with E-state index in [0.717, 1.165) is 24.5 Å². The van der Waals surface area contributed by atoms with E-state index < -0.39 is 0 Å². The lowest BCUT2D eigenvalue weighted by atomic mass is 10.2. The van der Waals surface area contributed by atoms with Gasteiger partial charge in [0.05, 0.1) is 0 Å². The van der Waals surface area contributed by atoms with Crippen LogP contribution < -0.4 is 10.6 Å². The predicted octanol–water partition coefficient (Wildman–Crippen LogP) is 1.85. The Balaban J connectivity index is 2.92. The molecule has 1 heterocycles. The first-order chi connectivity index (χ1) is 7.54. The molecule has 4 nitrogen and oxygen atoms in total. The molecular weight excluding hydrogens is 200 g/mol. The normalized spacial score (nSPS) is 10.5. The van der Waals surface area contributed by atoms with Crippen LogP contribution >= 0.6 is 0 Å². The van der Waals surface area contributed by atoms with Crippen LogP contribution in [0.25, 0.3) is 0 Å². The summed E-state index contributed by atoms with van der Waals surface area (Å²) in [5.74, 6) is 1.57. The summed E-state index contributed by atoms with van der Waals surface area (Å²) in [5, 5.41) is 7.40. The molecule has 0 unspecified atom stereocenters. The van der Waals surface area contributed by atoms with Gasteiger partial charge in [-0.15, -0.1) is 0 Å². The third kappa shape index (κ3) is 3.22. The number of aromatic nitrogens is 1. The smallest absolute Gasteiger partial charge is 0.129 e. The third-order valence-electron chi connectivity index (χ3n) is 2.35. The number of hydrogen-bond acceptors (Lipinski definition) is 3. The maximum atomic E-state index is 7.40. The first-order valence-corrected chi connectivity index (χ1v) is 5.60. The van der Waals surface area contributed by atoms with Gasteiger partial charge in [-0.3, -0.25) is 5.41 Å². The van der Waals surface area contributed by atoms with Crippen molar-refractivity contribution < 1.29 is 0 Å². The zero-order valence-corrected chi connectivity index (χ0v) is 10.2. The Bertz CT molecular complexity index is 360. The molecule has 88 valence electrons. The molecule has 16 heavy (non-hydrogen) atoms. The molecule has 0 aliphatic rings. The Morgan fingerprint density at radius 2 is 2.25 bits per heavy atom. The Morgan fingerprint density at radius 1 is 1.56 bits per heavy atom. The second kappa shape index (κ2) is 5.49. The van der Waals surface area contributed by atoms with Crippen LogP contribution in [0, 0.1) is 11.3 Å². The summed E-state index contributed by atoms with van der Waals surface area (Å²) in [6.07, 6.45) is 1.70. The first-order valence-electron chi connectivity index (χ1n) is 5.60. The maximum Gasteiger partial charge on any atom is 0.129 e. The molecule has 4 heteroatoms. The lowest BCUT2D eigenvalue weighted by Gasteiger charge is -2.24. The molecular formula is C12H20N4. The number of nitrogens with zero attached hydrogens (tertiary/aromatic N) is 2. The Hall–Kier alpha value is -1.58. The van der Waals surface area contributed by atoms with Gasteiger partial charge in [0, 0.05) is 24.8 Å². The summed E-state index contributed by atoms with van der Waals surface area (Å²) in [6, 6.07) is 3.63. The summed E-state index contributed by atoms with van der Waals surface area (Å²) in [4.78, 5) is 6.51. The van der Waals surface area contributed by atoms with E-state index in [0.29, 0.717) is 5.92 Å². The fourth-order valence-corrected chi connectivity index (χ4v) is 1.58. The molecule has 0 saturated heterocycles. The van der Waals surface area contributed by atoms with Crippen LogP contribution in [0.4, 0.5) is 5.82 Å². The third-order valence-corrected chi connectivity index (χ3v) is 2.35. The van der Waals surface area contributed by atoms with E-state index in [1.165, 1.54) is 0 Å². The molecule has 0 amide bonds. The molecule has 3 N–H and O–H groups in total. The van der Waals surface area contributed by atoms with Crippen LogP contribution in [0.1, 0.15) is 26.3 Å². The minimum atomic E-state index is 0.0873. The van der Waals surface area contributed by atoms with Crippen molar-refractivity contribution in [3.05, 3.63) is 23.9 Å². The molecule has 0 atom stereocenters. The van der Waals surface area contributed by atoms with Crippen molar-refractivity contribution in [1.82, 2.24) is 4.98 Å². The molecule has 0 fully saturated rings. The fourth-order valence-electron chi connectivity index (χ4n) is 1.58. The van der Waals surface area contributed by atoms with Gasteiger partial charge in [-0.25, -0.2) is 4.98 Å². The van der Waals surface area contributed by atoms with Crippen molar-refractivity contribution >= 4 is 11.7 Å². The largest absolute Gasteiger partial charge is 0.384 e. The molecule has 0 bridgehead atoms. The molecule has 1 aromatic heterocycles. The minimum absolute atomic E-state index is 0.0873. The van der Waals surface area contributed by atoms with Gasteiger partial charge in [0.2, 0.25) is 0 Å². The molecule has 1 rings (SSSR count). The number of nitrogen functional groups attached to an aromatic ring is 1.